The number of aryl methyl sites for hydroxylation is 1. The highest BCUT2D eigenvalue weighted by Gasteiger charge is 2.09. The van der Waals surface area contributed by atoms with E-state index >= 15 is 0 Å². The number of halogens is 1. The van der Waals surface area contributed by atoms with Gasteiger partial charge in [0.05, 0.1) is 0 Å². The topological polar surface area (TPSA) is 76.1 Å². The number of amides is 2. The van der Waals surface area contributed by atoms with E-state index in [1.165, 1.54) is 16.9 Å². The third kappa shape index (κ3) is 5.94. The molecule has 0 spiro atoms. The Morgan fingerprint density at radius 1 is 1.07 bits per heavy atom. The smallest absolute Gasteiger partial charge is 0.325 e. The van der Waals surface area contributed by atoms with E-state index in [0.29, 0.717) is 27.5 Å². The molecule has 0 bridgehead atoms. The number of nitrogens with one attached hydrogen (secondary N) is 2. The minimum atomic E-state index is -0.396. The van der Waals surface area contributed by atoms with Crippen LogP contribution in [0.25, 0.3) is 0 Å². The Labute approximate surface area is 166 Å². The Morgan fingerprint density at radius 3 is 2.52 bits per heavy atom. The van der Waals surface area contributed by atoms with Gasteiger partial charge in [0.25, 0.3) is 0 Å². The van der Waals surface area contributed by atoms with Gasteiger partial charge in [-0.3, -0.25) is 5.32 Å². The number of rotatable bonds is 7. The summed E-state index contributed by atoms with van der Waals surface area (Å²) < 4.78 is 5.72. The second-order valence-electron chi connectivity index (χ2n) is 5.77. The first-order valence-corrected chi connectivity index (χ1v) is 9.69. The van der Waals surface area contributed by atoms with Crippen LogP contribution in [0.3, 0.4) is 0 Å². The average Bonchev–Trinajstić information content (AvgIpc) is 3.10. The molecule has 0 unspecified atom stereocenters. The molecule has 2 N–H and O–H groups in total. The first kappa shape index (κ1) is 19.1. The largest absolute Gasteiger partial charge is 0.486 e. The molecule has 3 aromatic rings. The number of hydrogen-bond donors (Lipinski definition) is 2. The molecule has 0 aliphatic heterocycles. The fourth-order valence-corrected chi connectivity index (χ4v) is 3.12. The van der Waals surface area contributed by atoms with E-state index in [9.17, 15) is 4.79 Å². The number of ether oxygens (including phenoxy) is 1. The number of aromatic nitrogens is 2. The molecule has 8 heteroatoms. The van der Waals surface area contributed by atoms with Gasteiger partial charge in [-0.15, -0.1) is 10.2 Å². The lowest BCUT2D eigenvalue weighted by Gasteiger charge is -2.05. The number of nitrogens with zero attached hydrogens (tertiary/aromatic N) is 2. The summed E-state index contributed by atoms with van der Waals surface area (Å²) in [5.41, 5.74) is 1.93. The molecule has 2 amide bonds. The first-order chi connectivity index (χ1) is 13.1. The normalized spacial score (nSPS) is 10.4. The van der Waals surface area contributed by atoms with E-state index in [1.54, 1.807) is 24.3 Å². The van der Waals surface area contributed by atoms with Gasteiger partial charge < -0.3 is 10.1 Å². The zero-order chi connectivity index (χ0) is 19.1. The van der Waals surface area contributed by atoms with Gasteiger partial charge in [0.15, 0.2) is 5.01 Å². The Morgan fingerprint density at radius 2 is 1.81 bits per heavy atom. The van der Waals surface area contributed by atoms with Gasteiger partial charge in [-0.1, -0.05) is 48.4 Å². The van der Waals surface area contributed by atoms with Crippen molar-refractivity contribution in [3.05, 3.63) is 64.1 Å². The summed E-state index contributed by atoms with van der Waals surface area (Å²) in [6.07, 6.45) is 2.18. The SMILES string of the molecule is CCCc1ccc(OCc2nnc(NC(=O)Nc3ccc(Cl)cc3)s2)cc1. The number of benzene rings is 2. The summed E-state index contributed by atoms with van der Waals surface area (Å²) in [6, 6.07) is 14.5. The highest BCUT2D eigenvalue weighted by Crippen LogP contribution is 2.20. The molecule has 0 radical (unpaired) electrons. The summed E-state index contributed by atoms with van der Waals surface area (Å²) >= 11 is 7.08. The minimum absolute atomic E-state index is 0.297. The fraction of sp³-hybridized carbons (Fsp3) is 0.211. The molecule has 6 nitrogen and oxygen atoms in total. The maximum absolute atomic E-state index is 12.0. The van der Waals surface area contributed by atoms with Gasteiger partial charge in [-0.05, 0) is 48.4 Å². The van der Waals surface area contributed by atoms with Crippen molar-refractivity contribution >= 4 is 39.8 Å². The van der Waals surface area contributed by atoms with E-state index in [1.807, 2.05) is 12.1 Å². The molecule has 0 saturated carbocycles. The van der Waals surface area contributed by atoms with Crippen LogP contribution in [0.15, 0.2) is 48.5 Å². The summed E-state index contributed by atoms with van der Waals surface area (Å²) in [5, 5.41) is 15.0. The van der Waals surface area contributed by atoms with Crippen LogP contribution in [0.2, 0.25) is 5.02 Å². The van der Waals surface area contributed by atoms with Crippen molar-refractivity contribution in [3.8, 4) is 5.75 Å². The number of urea groups is 1. The third-order valence-electron chi connectivity index (χ3n) is 3.61. The molecular formula is C19H19ClN4O2S. The lowest BCUT2D eigenvalue weighted by molar-refractivity contribution is 0.262. The van der Waals surface area contributed by atoms with Crippen LogP contribution in [0.1, 0.15) is 23.9 Å². The van der Waals surface area contributed by atoms with Gasteiger partial charge in [0.2, 0.25) is 5.13 Å². The van der Waals surface area contributed by atoms with Crippen LogP contribution < -0.4 is 15.4 Å². The zero-order valence-corrected chi connectivity index (χ0v) is 16.3. The second kappa shape index (κ2) is 9.34. The molecule has 0 aliphatic carbocycles. The van der Waals surface area contributed by atoms with Crippen molar-refractivity contribution in [2.45, 2.75) is 26.4 Å². The molecule has 2 aromatic carbocycles. The van der Waals surface area contributed by atoms with Crippen molar-refractivity contribution in [3.63, 3.8) is 0 Å². The number of anilines is 2. The molecule has 140 valence electrons. The number of carbonyl (C=O) groups excluding carboxylic acids is 1. The van der Waals surface area contributed by atoms with Gasteiger partial charge in [-0.25, -0.2) is 4.79 Å². The molecule has 27 heavy (non-hydrogen) atoms. The highest BCUT2D eigenvalue weighted by molar-refractivity contribution is 7.15. The van der Waals surface area contributed by atoms with Gasteiger partial charge in [-0.2, -0.15) is 0 Å². The van der Waals surface area contributed by atoms with Crippen LogP contribution >= 0.6 is 22.9 Å². The molecule has 0 fully saturated rings. The molecule has 0 atom stereocenters. The maximum atomic E-state index is 12.0. The summed E-state index contributed by atoms with van der Waals surface area (Å²) in [6.45, 7) is 2.45. The van der Waals surface area contributed by atoms with Crippen LogP contribution in [0, 0.1) is 0 Å². The fourth-order valence-electron chi connectivity index (χ4n) is 2.34. The van der Waals surface area contributed by atoms with Crippen LogP contribution in [0.4, 0.5) is 15.6 Å². The molecule has 1 heterocycles. The minimum Gasteiger partial charge on any atom is -0.486 e. The molecular weight excluding hydrogens is 384 g/mol. The lowest BCUT2D eigenvalue weighted by atomic mass is 10.1. The summed E-state index contributed by atoms with van der Waals surface area (Å²) in [4.78, 5) is 12.0. The summed E-state index contributed by atoms with van der Waals surface area (Å²) in [7, 11) is 0. The zero-order valence-electron chi connectivity index (χ0n) is 14.7. The van der Waals surface area contributed by atoms with Gasteiger partial charge in [0, 0.05) is 10.7 Å². The van der Waals surface area contributed by atoms with Crippen molar-refractivity contribution < 1.29 is 9.53 Å². The molecule has 0 aliphatic rings. The average molecular weight is 403 g/mol. The van der Waals surface area contributed by atoms with Crippen molar-refractivity contribution in [1.29, 1.82) is 0 Å². The van der Waals surface area contributed by atoms with E-state index in [0.717, 1.165) is 18.6 Å². The Kier molecular flexibility index (Phi) is 6.62. The maximum Gasteiger partial charge on any atom is 0.325 e. The van der Waals surface area contributed by atoms with E-state index < -0.39 is 6.03 Å². The van der Waals surface area contributed by atoms with E-state index in [-0.39, 0.29) is 0 Å². The van der Waals surface area contributed by atoms with Crippen molar-refractivity contribution in [2.75, 3.05) is 10.6 Å². The van der Waals surface area contributed by atoms with Crippen molar-refractivity contribution in [1.82, 2.24) is 10.2 Å². The van der Waals surface area contributed by atoms with Crippen LogP contribution in [-0.4, -0.2) is 16.2 Å². The van der Waals surface area contributed by atoms with Gasteiger partial charge in [0.1, 0.15) is 12.4 Å². The quantitative estimate of drug-likeness (QED) is 0.557. The van der Waals surface area contributed by atoms with Crippen LogP contribution in [-0.2, 0) is 13.0 Å². The van der Waals surface area contributed by atoms with E-state index in [4.69, 9.17) is 16.3 Å². The predicted octanol–water partition coefficient (Wildman–Crippen LogP) is 5.37. The second-order valence-corrected chi connectivity index (χ2v) is 7.27. The predicted molar refractivity (Wildman–Crippen MR) is 109 cm³/mol. The standard InChI is InChI=1S/C19H19ClN4O2S/c1-2-3-13-4-10-16(11-5-13)26-12-17-23-24-19(27-17)22-18(25)21-15-8-6-14(20)7-9-15/h4-11H,2-3,12H2,1H3,(H2,21,22,24,25). The Hall–Kier alpha value is -2.64. The van der Waals surface area contributed by atoms with Crippen LogP contribution in [0.5, 0.6) is 5.75 Å². The Bertz CT molecular complexity index is 881. The Balaban J connectivity index is 1.49. The number of carbonyl (C=O) groups is 1. The highest BCUT2D eigenvalue weighted by atomic mass is 35.5. The van der Waals surface area contributed by atoms with Crippen molar-refractivity contribution in [2.24, 2.45) is 0 Å². The molecule has 3 rings (SSSR count). The monoisotopic (exact) mass is 402 g/mol. The molecule has 0 saturated heterocycles. The van der Waals surface area contributed by atoms with Gasteiger partial charge >= 0.3 is 6.03 Å². The third-order valence-corrected chi connectivity index (χ3v) is 4.68. The summed E-state index contributed by atoms with van der Waals surface area (Å²) in [5.74, 6) is 0.778. The lowest BCUT2D eigenvalue weighted by Crippen LogP contribution is -2.19. The van der Waals surface area contributed by atoms with E-state index in [2.05, 4.69) is 39.9 Å². The first-order valence-electron chi connectivity index (χ1n) is 8.50. The number of hydrogen-bond acceptors (Lipinski definition) is 5. The molecule has 1 aromatic heterocycles.